The summed E-state index contributed by atoms with van der Waals surface area (Å²) < 4.78 is 5.67. The Morgan fingerprint density at radius 2 is 1.73 bits per heavy atom. The molecule has 0 radical (unpaired) electrons. The highest BCUT2D eigenvalue weighted by Gasteiger charge is 2.15. The van der Waals surface area contributed by atoms with Gasteiger partial charge in [0.2, 0.25) is 0 Å². The molecule has 0 aliphatic rings. The Kier molecular flexibility index (Phi) is 7.49. The third-order valence-electron chi connectivity index (χ3n) is 4.04. The van der Waals surface area contributed by atoms with Crippen LogP contribution in [0.5, 0.6) is 5.75 Å². The van der Waals surface area contributed by atoms with E-state index in [9.17, 15) is 4.79 Å². The van der Waals surface area contributed by atoms with E-state index in [0.717, 1.165) is 29.7 Å². The number of rotatable bonds is 8. The molecule has 0 aliphatic carbocycles. The van der Waals surface area contributed by atoms with Crippen LogP contribution in [0.4, 0.5) is 0 Å². The van der Waals surface area contributed by atoms with E-state index in [1.54, 1.807) is 0 Å². The van der Waals surface area contributed by atoms with Crippen molar-refractivity contribution in [2.75, 3.05) is 27.2 Å². The number of amides is 1. The summed E-state index contributed by atoms with van der Waals surface area (Å²) in [5, 5.41) is 3.76. The van der Waals surface area contributed by atoms with Gasteiger partial charge in [-0.15, -0.1) is 0 Å². The van der Waals surface area contributed by atoms with E-state index < -0.39 is 0 Å². The van der Waals surface area contributed by atoms with Crippen LogP contribution >= 0.6 is 11.6 Å². The molecule has 140 valence electrons. The second-order valence-electron chi connectivity index (χ2n) is 6.88. The number of hydrogen-bond acceptors (Lipinski definition) is 3. The first-order valence-corrected chi connectivity index (χ1v) is 9.12. The standard InChI is InChI=1S/C21H27ClN2O2/c1-15-11-16(2)13-19(12-15)26-14-21(25)23-20(9-10-24(3)4)17-5-7-18(22)8-6-17/h5-8,11-13,20H,9-10,14H2,1-4H3,(H,23,25). The fraction of sp³-hybridized carbons (Fsp3) is 0.381. The number of aryl methyl sites for hydroxylation is 2. The molecule has 0 aliphatic heterocycles. The van der Waals surface area contributed by atoms with Crippen LogP contribution in [0.25, 0.3) is 0 Å². The molecule has 4 nitrogen and oxygen atoms in total. The third kappa shape index (κ3) is 6.70. The van der Waals surface area contributed by atoms with Crippen LogP contribution in [0.15, 0.2) is 42.5 Å². The molecule has 0 bridgehead atoms. The van der Waals surface area contributed by atoms with E-state index in [0.29, 0.717) is 10.8 Å². The number of hydrogen-bond donors (Lipinski definition) is 1. The molecule has 1 amide bonds. The average molecular weight is 375 g/mol. The second kappa shape index (κ2) is 9.60. The maximum Gasteiger partial charge on any atom is 0.258 e. The summed E-state index contributed by atoms with van der Waals surface area (Å²) in [6.07, 6.45) is 0.809. The zero-order valence-corrected chi connectivity index (χ0v) is 16.6. The third-order valence-corrected chi connectivity index (χ3v) is 4.29. The van der Waals surface area contributed by atoms with E-state index in [4.69, 9.17) is 16.3 Å². The summed E-state index contributed by atoms with van der Waals surface area (Å²) in [6.45, 7) is 4.88. The van der Waals surface area contributed by atoms with Crippen LogP contribution in [0.3, 0.4) is 0 Å². The number of ether oxygens (including phenoxy) is 1. The molecule has 0 fully saturated rings. The number of nitrogens with zero attached hydrogens (tertiary/aromatic N) is 1. The molecule has 1 atom stereocenters. The number of halogens is 1. The van der Waals surface area contributed by atoms with Crippen molar-refractivity contribution in [3.8, 4) is 5.75 Å². The van der Waals surface area contributed by atoms with Crippen LogP contribution < -0.4 is 10.1 Å². The van der Waals surface area contributed by atoms with Crippen LogP contribution in [0.2, 0.25) is 5.02 Å². The minimum Gasteiger partial charge on any atom is -0.484 e. The van der Waals surface area contributed by atoms with E-state index in [2.05, 4.69) is 16.3 Å². The molecule has 2 aromatic carbocycles. The van der Waals surface area contributed by atoms with Gasteiger partial charge in [-0.2, -0.15) is 0 Å². The number of carbonyl (C=O) groups excluding carboxylic acids is 1. The highest BCUT2D eigenvalue weighted by Crippen LogP contribution is 2.20. The van der Waals surface area contributed by atoms with Crippen LogP contribution in [0.1, 0.15) is 29.2 Å². The largest absolute Gasteiger partial charge is 0.484 e. The van der Waals surface area contributed by atoms with Gasteiger partial charge in [0.25, 0.3) is 5.91 Å². The quantitative estimate of drug-likeness (QED) is 0.754. The van der Waals surface area contributed by atoms with E-state index in [1.165, 1.54) is 0 Å². The van der Waals surface area contributed by atoms with Crippen LogP contribution in [-0.4, -0.2) is 38.1 Å². The maximum atomic E-state index is 12.4. The van der Waals surface area contributed by atoms with Crippen LogP contribution in [0, 0.1) is 13.8 Å². The SMILES string of the molecule is Cc1cc(C)cc(OCC(=O)NC(CCN(C)C)c2ccc(Cl)cc2)c1. The highest BCUT2D eigenvalue weighted by molar-refractivity contribution is 6.30. The number of nitrogens with one attached hydrogen (secondary N) is 1. The van der Waals surface area contributed by atoms with Crippen molar-refractivity contribution in [2.24, 2.45) is 0 Å². The van der Waals surface area contributed by atoms with Gasteiger partial charge in [0.15, 0.2) is 6.61 Å². The predicted molar refractivity (Wildman–Crippen MR) is 107 cm³/mol. The molecule has 0 spiro atoms. The van der Waals surface area contributed by atoms with Gasteiger partial charge in [-0.1, -0.05) is 29.8 Å². The van der Waals surface area contributed by atoms with Crippen molar-refractivity contribution in [3.05, 3.63) is 64.2 Å². The summed E-state index contributed by atoms with van der Waals surface area (Å²) >= 11 is 5.98. The lowest BCUT2D eigenvalue weighted by molar-refractivity contribution is -0.123. The van der Waals surface area contributed by atoms with Gasteiger partial charge in [-0.3, -0.25) is 4.79 Å². The zero-order valence-electron chi connectivity index (χ0n) is 15.9. The van der Waals surface area contributed by atoms with Gasteiger partial charge in [0, 0.05) is 5.02 Å². The van der Waals surface area contributed by atoms with Gasteiger partial charge >= 0.3 is 0 Å². The lowest BCUT2D eigenvalue weighted by Crippen LogP contribution is -2.34. The smallest absolute Gasteiger partial charge is 0.258 e. The Morgan fingerprint density at radius 3 is 2.31 bits per heavy atom. The Morgan fingerprint density at radius 1 is 1.12 bits per heavy atom. The average Bonchev–Trinajstić information content (AvgIpc) is 2.56. The van der Waals surface area contributed by atoms with Crippen molar-refractivity contribution in [3.63, 3.8) is 0 Å². The fourth-order valence-electron chi connectivity index (χ4n) is 2.81. The van der Waals surface area contributed by atoms with E-state index in [1.807, 2.05) is 64.3 Å². The van der Waals surface area contributed by atoms with Crippen molar-refractivity contribution < 1.29 is 9.53 Å². The zero-order chi connectivity index (χ0) is 19.1. The first-order chi connectivity index (χ1) is 12.3. The van der Waals surface area contributed by atoms with E-state index in [-0.39, 0.29) is 18.6 Å². The number of carbonyl (C=O) groups is 1. The lowest BCUT2D eigenvalue weighted by Gasteiger charge is -2.21. The summed E-state index contributed by atoms with van der Waals surface area (Å²) in [6, 6.07) is 13.5. The summed E-state index contributed by atoms with van der Waals surface area (Å²) in [5.41, 5.74) is 3.27. The molecule has 26 heavy (non-hydrogen) atoms. The van der Waals surface area contributed by atoms with Gasteiger partial charge in [-0.05, 0) is 81.9 Å². The molecule has 5 heteroatoms. The van der Waals surface area contributed by atoms with Gasteiger partial charge < -0.3 is 15.0 Å². The molecular weight excluding hydrogens is 348 g/mol. The van der Waals surface area contributed by atoms with Gasteiger partial charge in [-0.25, -0.2) is 0 Å². The first kappa shape index (κ1) is 20.3. The topological polar surface area (TPSA) is 41.6 Å². The molecule has 1 unspecified atom stereocenters. The number of benzene rings is 2. The first-order valence-electron chi connectivity index (χ1n) is 8.74. The molecule has 1 N–H and O–H groups in total. The van der Waals surface area contributed by atoms with Crippen LogP contribution in [-0.2, 0) is 4.79 Å². The van der Waals surface area contributed by atoms with Gasteiger partial charge in [0.05, 0.1) is 6.04 Å². The Balaban J connectivity index is 1.99. The normalized spacial score (nSPS) is 12.1. The molecule has 2 rings (SSSR count). The van der Waals surface area contributed by atoms with Crippen molar-refractivity contribution in [1.82, 2.24) is 10.2 Å². The van der Waals surface area contributed by atoms with Crippen molar-refractivity contribution in [1.29, 1.82) is 0 Å². The lowest BCUT2D eigenvalue weighted by atomic mass is 10.0. The highest BCUT2D eigenvalue weighted by atomic mass is 35.5. The van der Waals surface area contributed by atoms with Crippen molar-refractivity contribution >= 4 is 17.5 Å². The predicted octanol–water partition coefficient (Wildman–Crippen LogP) is 4.14. The molecule has 0 heterocycles. The Bertz CT molecular complexity index is 709. The fourth-order valence-corrected chi connectivity index (χ4v) is 2.93. The molecule has 0 aromatic heterocycles. The second-order valence-corrected chi connectivity index (χ2v) is 7.31. The van der Waals surface area contributed by atoms with E-state index >= 15 is 0 Å². The minimum atomic E-state index is -0.136. The van der Waals surface area contributed by atoms with Crippen molar-refractivity contribution in [2.45, 2.75) is 26.3 Å². The molecular formula is C21H27ClN2O2. The summed E-state index contributed by atoms with van der Waals surface area (Å²) in [7, 11) is 4.04. The monoisotopic (exact) mass is 374 g/mol. The Hall–Kier alpha value is -2.04. The molecule has 0 saturated heterocycles. The van der Waals surface area contributed by atoms with Gasteiger partial charge in [0.1, 0.15) is 5.75 Å². The summed E-state index contributed by atoms with van der Waals surface area (Å²) in [5.74, 6) is 0.580. The summed E-state index contributed by atoms with van der Waals surface area (Å²) in [4.78, 5) is 14.5. The molecule has 2 aromatic rings. The molecule has 0 saturated carbocycles. The maximum absolute atomic E-state index is 12.4. The minimum absolute atomic E-state index is 0.00501. The Labute approximate surface area is 161 Å².